The molecular formula is C15H23NO. The zero-order valence-electron chi connectivity index (χ0n) is 10.6. The monoisotopic (exact) mass is 233 g/mol. The lowest BCUT2D eigenvalue weighted by atomic mass is 9.97. The summed E-state index contributed by atoms with van der Waals surface area (Å²) < 4.78 is 0. The fourth-order valence-corrected chi connectivity index (χ4v) is 3.55. The molecule has 3 aliphatic carbocycles. The van der Waals surface area contributed by atoms with Crippen LogP contribution in [0.25, 0.3) is 0 Å². The molecule has 1 N–H and O–H groups in total. The van der Waals surface area contributed by atoms with Crippen molar-refractivity contribution in [3.05, 3.63) is 11.6 Å². The van der Waals surface area contributed by atoms with E-state index in [4.69, 9.17) is 0 Å². The van der Waals surface area contributed by atoms with Gasteiger partial charge in [-0.15, -0.1) is 0 Å². The van der Waals surface area contributed by atoms with Crippen LogP contribution in [0.3, 0.4) is 0 Å². The molecule has 3 rings (SSSR count). The Hall–Kier alpha value is -0.790. The fourth-order valence-electron chi connectivity index (χ4n) is 3.55. The Morgan fingerprint density at radius 3 is 2.76 bits per heavy atom. The SMILES string of the molecule is O=C(NCCC1=CCCCC1)C1CC2CC2C1. The van der Waals surface area contributed by atoms with Crippen LogP contribution >= 0.6 is 0 Å². The summed E-state index contributed by atoms with van der Waals surface area (Å²) in [6, 6.07) is 0. The summed E-state index contributed by atoms with van der Waals surface area (Å²) >= 11 is 0. The van der Waals surface area contributed by atoms with Crippen molar-refractivity contribution in [1.29, 1.82) is 0 Å². The van der Waals surface area contributed by atoms with Gasteiger partial charge in [0.2, 0.25) is 5.91 Å². The molecule has 0 aromatic carbocycles. The molecule has 0 spiro atoms. The smallest absolute Gasteiger partial charge is 0.223 e. The van der Waals surface area contributed by atoms with Crippen LogP contribution in [-0.4, -0.2) is 12.5 Å². The molecule has 3 aliphatic rings. The first-order valence-corrected chi connectivity index (χ1v) is 7.28. The highest BCUT2D eigenvalue weighted by molar-refractivity contribution is 5.79. The molecule has 0 aliphatic heterocycles. The normalized spacial score (nSPS) is 35.1. The summed E-state index contributed by atoms with van der Waals surface area (Å²) in [6.45, 7) is 0.858. The highest BCUT2D eigenvalue weighted by atomic mass is 16.1. The first-order chi connectivity index (χ1) is 8.33. The third-order valence-corrected chi connectivity index (χ3v) is 4.74. The zero-order chi connectivity index (χ0) is 11.7. The van der Waals surface area contributed by atoms with E-state index in [0.717, 1.165) is 24.8 Å². The van der Waals surface area contributed by atoms with Gasteiger partial charge in [-0.3, -0.25) is 4.79 Å². The van der Waals surface area contributed by atoms with Crippen LogP contribution in [0.2, 0.25) is 0 Å². The third-order valence-electron chi connectivity index (χ3n) is 4.74. The maximum Gasteiger partial charge on any atom is 0.223 e. The largest absolute Gasteiger partial charge is 0.356 e. The van der Waals surface area contributed by atoms with Crippen LogP contribution in [0.15, 0.2) is 11.6 Å². The van der Waals surface area contributed by atoms with Crippen LogP contribution in [0.1, 0.15) is 51.4 Å². The standard InChI is InChI=1S/C15H23NO/c17-15(14-9-12-8-13(12)10-14)16-7-6-11-4-2-1-3-5-11/h4,12-14H,1-3,5-10H2,(H,16,17). The molecule has 1 amide bonds. The molecule has 2 unspecified atom stereocenters. The minimum Gasteiger partial charge on any atom is -0.356 e. The van der Waals surface area contributed by atoms with Crippen molar-refractivity contribution < 1.29 is 4.79 Å². The molecule has 0 radical (unpaired) electrons. The average Bonchev–Trinajstić information content (AvgIpc) is 2.97. The number of carbonyl (C=O) groups is 1. The Morgan fingerprint density at radius 1 is 1.24 bits per heavy atom. The van der Waals surface area contributed by atoms with Crippen molar-refractivity contribution >= 4 is 5.91 Å². The minimum atomic E-state index is 0.327. The Balaban J connectivity index is 1.36. The molecule has 0 aromatic rings. The maximum atomic E-state index is 11.9. The Morgan fingerprint density at radius 2 is 2.06 bits per heavy atom. The number of allylic oxidation sites excluding steroid dienone is 1. The lowest BCUT2D eigenvalue weighted by Crippen LogP contribution is -2.31. The van der Waals surface area contributed by atoms with Crippen LogP contribution in [0.4, 0.5) is 0 Å². The van der Waals surface area contributed by atoms with Gasteiger partial charge in [0, 0.05) is 12.5 Å². The summed E-state index contributed by atoms with van der Waals surface area (Å²) in [5.41, 5.74) is 1.56. The lowest BCUT2D eigenvalue weighted by molar-refractivity contribution is -0.125. The molecular weight excluding hydrogens is 210 g/mol. The van der Waals surface area contributed by atoms with Gasteiger partial charge in [0.1, 0.15) is 0 Å². The van der Waals surface area contributed by atoms with Crippen LogP contribution in [0, 0.1) is 17.8 Å². The van der Waals surface area contributed by atoms with Gasteiger partial charge >= 0.3 is 0 Å². The molecule has 0 bridgehead atoms. The van der Waals surface area contributed by atoms with E-state index in [1.54, 1.807) is 5.57 Å². The number of rotatable bonds is 4. The average molecular weight is 233 g/mol. The van der Waals surface area contributed by atoms with E-state index < -0.39 is 0 Å². The first kappa shape index (κ1) is 11.3. The molecule has 2 heteroatoms. The van der Waals surface area contributed by atoms with Gasteiger partial charge < -0.3 is 5.32 Å². The lowest BCUT2D eigenvalue weighted by Gasteiger charge is -2.15. The molecule has 2 atom stereocenters. The van der Waals surface area contributed by atoms with E-state index in [-0.39, 0.29) is 0 Å². The van der Waals surface area contributed by atoms with E-state index in [0.29, 0.717) is 11.8 Å². The highest BCUT2D eigenvalue weighted by Gasteiger charge is 2.47. The van der Waals surface area contributed by atoms with Gasteiger partial charge in [0.25, 0.3) is 0 Å². The summed E-state index contributed by atoms with van der Waals surface area (Å²) in [7, 11) is 0. The zero-order valence-corrected chi connectivity index (χ0v) is 10.6. The van der Waals surface area contributed by atoms with Gasteiger partial charge in [-0.05, 0) is 63.2 Å². The second kappa shape index (κ2) is 4.83. The number of hydrogen-bond acceptors (Lipinski definition) is 1. The van der Waals surface area contributed by atoms with E-state index in [1.807, 2.05) is 0 Å². The highest BCUT2D eigenvalue weighted by Crippen LogP contribution is 2.54. The van der Waals surface area contributed by atoms with E-state index in [9.17, 15) is 4.79 Å². The Bertz CT molecular complexity index is 324. The third kappa shape index (κ3) is 2.72. The molecule has 2 nitrogen and oxygen atoms in total. The van der Waals surface area contributed by atoms with Gasteiger partial charge in [-0.1, -0.05) is 11.6 Å². The molecule has 17 heavy (non-hydrogen) atoms. The molecule has 0 aromatic heterocycles. The molecule has 0 saturated heterocycles. The Labute approximate surface area is 104 Å². The van der Waals surface area contributed by atoms with Gasteiger partial charge in [0.05, 0.1) is 0 Å². The van der Waals surface area contributed by atoms with Crippen molar-refractivity contribution in [2.75, 3.05) is 6.54 Å². The van der Waals surface area contributed by atoms with Crippen molar-refractivity contribution in [2.45, 2.75) is 51.4 Å². The summed E-state index contributed by atoms with van der Waals surface area (Å²) in [5, 5.41) is 3.13. The number of nitrogens with one attached hydrogen (secondary N) is 1. The van der Waals surface area contributed by atoms with Crippen molar-refractivity contribution in [2.24, 2.45) is 17.8 Å². The fraction of sp³-hybridized carbons (Fsp3) is 0.800. The first-order valence-electron chi connectivity index (χ1n) is 7.28. The molecule has 2 fully saturated rings. The maximum absolute atomic E-state index is 11.9. The van der Waals surface area contributed by atoms with Crippen LogP contribution in [-0.2, 0) is 4.79 Å². The second-order valence-corrected chi connectivity index (χ2v) is 6.07. The molecule has 2 saturated carbocycles. The topological polar surface area (TPSA) is 29.1 Å². The van der Waals surface area contributed by atoms with Crippen molar-refractivity contribution in [3.63, 3.8) is 0 Å². The summed E-state index contributed by atoms with van der Waals surface area (Å²) in [5.74, 6) is 2.49. The molecule has 0 heterocycles. The van der Waals surface area contributed by atoms with Gasteiger partial charge in [-0.25, -0.2) is 0 Å². The van der Waals surface area contributed by atoms with Crippen LogP contribution in [0.5, 0.6) is 0 Å². The van der Waals surface area contributed by atoms with E-state index >= 15 is 0 Å². The predicted molar refractivity (Wildman–Crippen MR) is 68.5 cm³/mol. The summed E-state index contributed by atoms with van der Waals surface area (Å²) in [6.07, 6.45) is 12.4. The van der Waals surface area contributed by atoms with E-state index in [2.05, 4.69) is 11.4 Å². The van der Waals surface area contributed by atoms with Crippen LogP contribution < -0.4 is 5.32 Å². The summed E-state index contributed by atoms with van der Waals surface area (Å²) in [4.78, 5) is 11.9. The van der Waals surface area contributed by atoms with Gasteiger partial charge in [-0.2, -0.15) is 0 Å². The van der Waals surface area contributed by atoms with Gasteiger partial charge in [0.15, 0.2) is 0 Å². The predicted octanol–water partition coefficient (Wildman–Crippen LogP) is 3.04. The molecule has 94 valence electrons. The second-order valence-electron chi connectivity index (χ2n) is 6.07. The van der Waals surface area contributed by atoms with E-state index in [1.165, 1.54) is 44.9 Å². The quantitative estimate of drug-likeness (QED) is 0.743. The number of carbonyl (C=O) groups excluding carboxylic acids is 1. The van der Waals surface area contributed by atoms with Crippen molar-refractivity contribution in [1.82, 2.24) is 5.32 Å². The Kier molecular flexibility index (Phi) is 3.21. The van der Waals surface area contributed by atoms with Crippen molar-refractivity contribution in [3.8, 4) is 0 Å². The number of fused-ring (bicyclic) bond motifs is 1. The number of amides is 1. The minimum absolute atomic E-state index is 0.327. The number of hydrogen-bond donors (Lipinski definition) is 1.